The number of rotatable bonds is 5. The van der Waals surface area contributed by atoms with Gasteiger partial charge < -0.3 is 10.6 Å². The zero-order valence-corrected chi connectivity index (χ0v) is 11.7. The minimum atomic E-state index is -0.0373. The maximum absolute atomic E-state index is 12.4. The summed E-state index contributed by atoms with van der Waals surface area (Å²) >= 11 is 0. The van der Waals surface area contributed by atoms with E-state index in [-0.39, 0.29) is 5.91 Å². The smallest absolute Gasteiger partial charge is 0.272 e. The van der Waals surface area contributed by atoms with Crippen LogP contribution in [0.5, 0.6) is 0 Å². The predicted molar refractivity (Wildman–Crippen MR) is 74.2 cm³/mol. The molecule has 0 aliphatic carbocycles. The van der Waals surface area contributed by atoms with Gasteiger partial charge >= 0.3 is 0 Å². The zero-order chi connectivity index (χ0) is 13.7. The highest BCUT2D eigenvalue weighted by Gasteiger charge is 2.19. The maximum atomic E-state index is 12.4. The highest BCUT2D eigenvalue weighted by Crippen LogP contribution is 2.10. The average Bonchev–Trinajstić information content (AvgIpc) is 2.26. The molecule has 0 saturated heterocycles. The van der Waals surface area contributed by atoms with E-state index in [1.54, 1.807) is 18.3 Å². The van der Waals surface area contributed by atoms with Gasteiger partial charge in [0.25, 0.3) is 5.91 Å². The van der Waals surface area contributed by atoms with Crippen molar-refractivity contribution < 1.29 is 4.79 Å². The van der Waals surface area contributed by atoms with Crippen molar-refractivity contribution in [1.82, 2.24) is 9.88 Å². The number of aromatic nitrogens is 1. The summed E-state index contributed by atoms with van der Waals surface area (Å²) in [4.78, 5) is 18.3. The van der Waals surface area contributed by atoms with Gasteiger partial charge in [-0.05, 0) is 24.0 Å². The summed E-state index contributed by atoms with van der Waals surface area (Å²) in [5.74, 6) is 0.840. The molecule has 0 unspecified atom stereocenters. The molecule has 2 N–H and O–H groups in total. The average molecular weight is 249 g/mol. The van der Waals surface area contributed by atoms with Gasteiger partial charge in [-0.1, -0.05) is 27.7 Å². The number of nitrogen functional groups attached to an aromatic ring is 1. The van der Waals surface area contributed by atoms with Crippen LogP contribution >= 0.6 is 0 Å². The number of nitrogens with two attached hydrogens (primary N) is 1. The Balaban J connectivity index is 2.87. The molecule has 1 heterocycles. The Morgan fingerprint density at radius 1 is 1.28 bits per heavy atom. The van der Waals surface area contributed by atoms with Gasteiger partial charge in [0.05, 0.1) is 0 Å². The molecular weight excluding hydrogens is 226 g/mol. The van der Waals surface area contributed by atoms with E-state index in [1.807, 2.05) is 4.90 Å². The van der Waals surface area contributed by atoms with Gasteiger partial charge in [-0.25, -0.2) is 0 Å². The van der Waals surface area contributed by atoms with Crippen LogP contribution in [-0.4, -0.2) is 28.9 Å². The molecule has 1 rings (SSSR count). The lowest BCUT2D eigenvalue weighted by atomic mass is 10.1. The summed E-state index contributed by atoms with van der Waals surface area (Å²) in [6, 6.07) is 3.32. The molecule has 4 nitrogen and oxygen atoms in total. The fourth-order valence-corrected chi connectivity index (χ4v) is 1.85. The van der Waals surface area contributed by atoms with Gasteiger partial charge in [0.2, 0.25) is 0 Å². The van der Waals surface area contributed by atoms with E-state index < -0.39 is 0 Å². The Hall–Kier alpha value is -1.58. The van der Waals surface area contributed by atoms with Gasteiger partial charge in [-0.15, -0.1) is 0 Å². The molecule has 18 heavy (non-hydrogen) atoms. The normalized spacial score (nSPS) is 11.0. The van der Waals surface area contributed by atoms with Gasteiger partial charge in [-0.2, -0.15) is 0 Å². The molecule has 0 aromatic carbocycles. The Kier molecular flexibility index (Phi) is 5.13. The number of anilines is 1. The molecule has 0 atom stereocenters. The van der Waals surface area contributed by atoms with Crippen molar-refractivity contribution in [2.75, 3.05) is 18.8 Å². The molecule has 1 aromatic rings. The van der Waals surface area contributed by atoms with Crippen molar-refractivity contribution in [3.05, 3.63) is 24.0 Å². The second kappa shape index (κ2) is 6.38. The minimum Gasteiger partial charge on any atom is -0.399 e. The van der Waals surface area contributed by atoms with Crippen molar-refractivity contribution in [3.63, 3.8) is 0 Å². The van der Waals surface area contributed by atoms with Gasteiger partial charge in [0, 0.05) is 25.0 Å². The van der Waals surface area contributed by atoms with E-state index in [9.17, 15) is 4.79 Å². The Morgan fingerprint density at radius 2 is 1.83 bits per heavy atom. The molecule has 4 heteroatoms. The van der Waals surface area contributed by atoms with Gasteiger partial charge in [-0.3, -0.25) is 9.78 Å². The van der Waals surface area contributed by atoms with Crippen molar-refractivity contribution in [3.8, 4) is 0 Å². The second-order valence-electron chi connectivity index (χ2n) is 5.47. The first kappa shape index (κ1) is 14.5. The van der Waals surface area contributed by atoms with Crippen LogP contribution in [0.4, 0.5) is 5.69 Å². The molecule has 0 spiro atoms. The quantitative estimate of drug-likeness (QED) is 0.871. The third-order valence-corrected chi connectivity index (χ3v) is 2.46. The molecule has 0 radical (unpaired) electrons. The minimum absolute atomic E-state index is 0.0373. The Bertz CT molecular complexity index is 392. The summed E-state index contributed by atoms with van der Waals surface area (Å²) in [6.07, 6.45) is 1.57. The lowest BCUT2D eigenvalue weighted by Crippen LogP contribution is -2.37. The van der Waals surface area contributed by atoms with Gasteiger partial charge in [0.15, 0.2) is 0 Å². The third kappa shape index (κ3) is 4.35. The van der Waals surface area contributed by atoms with E-state index in [4.69, 9.17) is 5.73 Å². The van der Waals surface area contributed by atoms with E-state index in [0.29, 0.717) is 23.2 Å². The SMILES string of the molecule is CC(C)CN(CC(C)C)C(=O)c1cc(N)ccn1. The monoisotopic (exact) mass is 249 g/mol. The lowest BCUT2D eigenvalue weighted by Gasteiger charge is -2.26. The summed E-state index contributed by atoms with van der Waals surface area (Å²) in [7, 11) is 0. The Morgan fingerprint density at radius 3 is 2.28 bits per heavy atom. The van der Waals surface area contributed by atoms with Crippen molar-refractivity contribution >= 4 is 11.6 Å². The van der Waals surface area contributed by atoms with Crippen LogP contribution in [0, 0.1) is 11.8 Å². The first-order chi connectivity index (χ1) is 8.40. The van der Waals surface area contributed by atoms with Crippen LogP contribution in [0.15, 0.2) is 18.3 Å². The number of hydrogen-bond donors (Lipinski definition) is 1. The number of hydrogen-bond acceptors (Lipinski definition) is 3. The molecule has 0 fully saturated rings. The largest absolute Gasteiger partial charge is 0.399 e. The van der Waals surface area contributed by atoms with Crippen LogP contribution in [0.3, 0.4) is 0 Å². The van der Waals surface area contributed by atoms with E-state index >= 15 is 0 Å². The fourth-order valence-electron chi connectivity index (χ4n) is 1.85. The standard InChI is InChI=1S/C14H23N3O/c1-10(2)8-17(9-11(3)4)14(18)13-7-12(15)5-6-16-13/h5-7,10-11H,8-9H2,1-4H3,(H2,15,16). The summed E-state index contributed by atoms with van der Waals surface area (Å²) in [5.41, 5.74) is 6.69. The molecule has 1 amide bonds. The highest BCUT2D eigenvalue weighted by molar-refractivity contribution is 5.93. The van der Waals surface area contributed by atoms with Crippen molar-refractivity contribution in [1.29, 1.82) is 0 Å². The summed E-state index contributed by atoms with van der Waals surface area (Å²) in [6.45, 7) is 9.91. The van der Waals surface area contributed by atoms with Gasteiger partial charge in [0.1, 0.15) is 5.69 Å². The maximum Gasteiger partial charge on any atom is 0.272 e. The van der Waals surface area contributed by atoms with Crippen LogP contribution in [0.1, 0.15) is 38.2 Å². The molecular formula is C14H23N3O. The summed E-state index contributed by atoms with van der Waals surface area (Å²) in [5, 5.41) is 0. The zero-order valence-electron chi connectivity index (χ0n) is 11.7. The molecule has 1 aromatic heterocycles. The first-order valence-electron chi connectivity index (χ1n) is 6.41. The molecule has 0 aliphatic rings. The van der Waals surface area contributed by atoms with Crippen LogP contribution in [0.25, 0.3) is 0 Å². The van der Waals surface area contributed by atoms with E-state index in [0.717, 1.165) is 13.1 Å². The Labute approximate surface area is 109 Å². The molecule has 0 bridgehead atoms. The fraction of sp³-hybridized carbons (Fsp3) is 0.571. The third-order valence-electron chi connectivity index (χ3n) is 2.46. The van der Waals surface area contributed by atoms with Crippen LogP contribution in [0.2, 0.25) is 0 Å². The number of carbonyl (C=O) groups is 1. The van der Waals surface area contributed by atoms with Crippen molar-refractivity contribution in [2.45, 2.75) is 27.7 Å². The van der Waals surface area contributed by atoms with Crippen LogP contribution < -0.4 is 5.73 Å². The molecule has 0 aliphatic heterocycles. The van der Waals surface area contributed by atoms with E-state index in [1.165, 1.54) is 0 Å². The highest BCUT2D eigenvalue weighted by atomic mass is 16.2. The van der Waals surface area contributed by atoms with E-state index in [2.05, 4.69) is 32.7 Å². The second-order valence-corrected chi connectivity index (χ2v) is 5.47. The molecule has 100 valence electrons. The topological polar surface area (TPSA) is 59.2 Å². The number of amides is 1. The number of pyridine rings is 1. The number of carbonyl (C=O) groups excluding carboxylic acids is 1. The number of nitrogens with zero attached hydrogens (tertiary/aromatic N) is 2. The lowest BCUT2D eigenvalue weighted by molar-refractivity contribution is 0.0709. The molecule has 0 saturated carbocycles. The first-order valence-corrected chi connectivity index (χ1v) is 6.41. The predicted octanol–water partition coefficient (Wildman–Crippen LogP) is 2.42. The summed E-state index contributed by atoms with van der Waals surface area (Å²) < 4.78 is 0. The van der Waals surface area contributed by atoms with Crippen LogP contribution in [-0.2, 0) is 0 Å². The van der Waals surface area contributed by atoms with Crippen molar-refractivity contribution in [2.24, 2.45) is 11.8 Å².